The van der Waals surface area contributed by atoms with Gasteiger partial charge < -0.3 is 10.5 Å². The standard InChI is InChI=1S/C7H7NO2.C4H10/c8-6-1-3-7(4-2-6)10-5-9;1-4(2)3/h1-5H,8H2;4H,1-3H3. The summed E-state index contributed by atoms with van der Waals surface area (Å²) in [5, 5.41) is 0. The van der Waals surface area contributed by atoms with Gasteiger partial charge >= 0.3 is 0 Å². The fourth-order valence-electron chi connectivity index (χ4n) is 0.602. The average Bonchev–Trinajstić information content (AvgIpc) is 2.08. The molecule has 0 radical (unpaired) electrons. The molecule has 0 amide bonds. The van der Waals surface area contributed by atoms with Gasteiger partial charge in [0.15, 0.2) is 0 Å². The smallest absolute Gasteiger partial charge is 0.298 e. The van der Waals surface area contributed by atoms with Gasteiger partial charge in [0.05, 0.1) is 0 Å². The third-order valence-corrected chi connectivity index (χ3v) is 1.06. The summed E-state index contributed by atoms with van der Waals surface area (Å²) in [7, 11) is 0. The van der Waals surface area contributed by atoms with E-state index in [0.717, 1.165) is 5.92 Å². The van der Waals surface area contributed by atoms with Gasteiger partial charge in [-0.2, -0.15) is 0 Å². The van der Waals surface area contributed by atoms with Crippen LogP contribution < -0.4 is 10.5 Å². The van der Waals surface area contributed by atoms with E-state index in [9.17, 15) is 4.79 Å². The second-order valence-electron chi connectivity index (χ2n) is 3.52. The first-order valence-corrected chi connectivity index (χ1v) is 4.52. The third kappa shape index (κ3) is 7.16. The molecule has 0 aromatic heterocycles. The molecule has 0 aliphatic heterocycles. The lowest BCUT2D eigenvalue weighted by atomic mass is 10.3. The Morgan fingerprint density at radius 1 is 1.21 bits per heavy atom. The first-order valence-electron chi connectivity index (χ1n) is 4.52. The predicted octanol–water partition coefficient (Wildman–Crippen LogP) is 2.47. The normalized spacial score (nSPS) is 8.86. The summed E-state index contributed by atoms with van der Waals surface area (Å²) >= 11 is 0. The van der Waals surface area contributed by atoms with Crippen molar-refractivity contribution in [3.63, 3.8) is 0 Å². The highest BCUT2D eigenvalue weighted by Gasteiger charge is 1.88. The van der Waals surface area contributed by atoms with Crippen molar-refractivity contribution in [3.05, 3.63) is 24.3 Å². The first-order chi connectivity index (χ1) is 6.56. The fraction of sp³-hybridized carbons (Fsp3) is 0.364. The molecule has 0 saturated heterocycles. The van der Waals surface area contributed by atoms with Crippen LogP contribution in [0.15, 0.2) is 24.3 Å². The largest absolute Gasteiger partial charge is 0.429 e. The predicted molar refractivity (Wildman–Crippen MR) is 58.1 cm³/mol. The van der Waals surface area contributed by atoms with E-state index in [2.05, 4.69) is 25.5 Å². The van der Waals surface area contributed by atoms with Crippen molar-refractivity contribution in [2.45, 2.75) is 20.8 Å². The molecule has 0 spiro atoms. The molecule has 14 heavy (non-hydrogen) atoms. The maximum Gasteiger partial charge on any atom is 0.298 e. The second kappa shape index (κ2) is 6.95. The zero-order valence-electron chi connectivity index (χ0n) is 8.86. The van der Waals surface area contributed by atoms with Crippen LogP contribution in [0.4, 0.5) is 5.69 Å². The molecule has 3 nitrogen and oxygen atoms in total. The van der Waals surface area contributed by atoms with Crippen LogP contribution in [-0.4, -0.2) is 6.47 Å². The van der Waals surface area contributed by atoms with Crippen molar-refractivity contribution >= 4 is 12.2 Å². The van der Waals surface area contributed by atoms with E-state index < -0.39 is 0 Å². The number of rotatable bonds is 2. The first kappa shape index (κ1) is 12.5. The zero-order valence-corrected chi connectivity index (χ0v) is 8.86. The highest BCUT2D eigenvalue weighted by Crippen LogP contribution is 2.11. The summed E-state index contributed by atoms with van der Waals surface area (Å²) in [6, 6.07) is 6.59. The van der Waals surface area contributed by atoms with Crippen LogP contribution in [0.5, 0.6) is 5.75 Å². The molecule has 2 N–H and O–H groups in total. The van der Waals surface area contributed by atoms with Crippen LogP contribution in [0.1, 0.15) is 20.8 Å². The van der Waals surface area contributed by atoms with Gasteiger partial charge in [0.25, 0.3) is 6.47 Å². The van der Waals surface area contributed by atoms with E-state index in [1.165, 1.54) is 0 Å². The summed E-state index contributed by atoms with van der Waals surface area (Å²) in [6.07, 6.45) is 0. The molecule has 0 bridgehead atoms. The Balaban J connectivity index is 0.000000364. The fourth-order valence-corrected chi connectivity index (χ4v) is 0.602. The van der Waals surface area contributed by atoms with Crippen molar-refractivity contribution in [3.8, 4) is 5.75 Å². The van der Waals surface area contributed by atoms with Gasteiger partial charge in [0.1, 0.15) is 5.75 Å². The number of anilines is 1. The number of hydrogen-bond donors (Lipinski definition) is 1. The molecule has 0 heterocycles. The van der Waals surface area contributed by atoms with Crippen LogP contribution in [0.2, 0.25) is 0 Å². The van der Waals surface area contributed by atoms with Crippen molar-refractivity contribution < 1.29 is 9.53 Å². The summed E-state index contributed by atoms with van der Waals surface area (Å²) in [5.74, 6) is 1.34. The lowest BCUT2D eigenvalue weighted by Gasteiger charge is -1.95. The van der Waals surface area contributed by atoms with Crippen LogP contribution in [0, 0.1) is 5.92 Å². The van der Waals surface area contributed by atoms with Gasteiger partial charge in [-0.05, 0) is 30.2 Å². The van der Waals surface area contributed by atoms with Gasteiger partial charge in [0.2, 0.25) is 0 Å². The Hall–Kier alpha value is -1.51. The minimum atomic E-state index is 0.380. The van der Waals surface area contributed by atoms with E-state index in [1.54, 1.807) is 24.3 Å². The van der Waals surface area contributed by atoms with Crippen molar-refractivity contribution in [1.82, 2.24) is 0 Å². The number of hydrogen-bond acceptors (Lipinski definition) is 3. The lowest BCUT2D eigenvalue weighted by molar-refractivity contribution is -0.120. The van der Waals surface area contributed by atoms with Crippen LogP contribution in [-0.2, 0) is 4.79 Å². The van der Waals surface area contributed by atoms with Gasteiger partial charge in [-0.15, -0.1) is 0 Å². The number of nitrogens with two attached hydrogens (primary N) is 1. The third-order valence-electron chi connectivity index (χ3n) is 1.06. The number of nitrogen functional groups attached to an aromatic ring is 1. The molecule has 0 unspecified atom stereocenters. The molecule has 1 rings (SSSR count). The molecule has 1 aromatic carbocycles. The van der Waals surface area contributed by atoms with E-state index in [1.807, 2.05) is 0 Å². The van der Waals surface area contributed by atoms with E-state index in [0.29, 0.717) is 17.9 Å². The molecule has 3 heteroatoms. The molecular weight excluding hydrogens is 178 g/mol. The number of benzene rings is 1. The highest BCUT2D eigenvalue weighted by atomic mass is 16.5. The molecule has 0 aliphatic carbocycles. The Morgan fingerprint density at radius 2 is 1.64 bits per heavy atom. The topological polar surface area (TPSA) is 52.3 Å². The van der Waals surface area contributed by atoms with E-state index >= 15 is 0 Å². The summed E-state index contributed by atoms with van der Waals surface area (Å²) < 4.78 is 4.52. The van der Waals surface area contributed by atoms with Gasteiger partial charge in [-0.25, -0.2) is 0 Å². The monoisotopic (exact) mass is 195 g/mol. The molecule has 0 fully saturated rings. The van der Waals surface area contributed by atoms with Gasteiger partial charge in [-0.1, -0.05) is 20.8 Å². The number of ether oxygens (including phenoxy) is 1. The van der Waals surface area contributed by atoms with Crippen LogP contribution >= 0.6 is 0 Å². The van der Waals surface area contributed by atoms with Crippen LogP contribution in [0.3, 0.4) is 0 Å². The quantitative estimate of drug-likeness (QED) is 0.582. The van der Waals surface area contributed by atoms with E-state index in [-0.39, 0.29) is 0 Å². The number of carbonyl (C=O) groups is 1. The SMILES string of the molecule is CC(C)C.Nc1ccc(OC=O)cc1. The molecular formula is C11H17NO2. The highest BCUT2D eigenvalue weighted by molar-refractivity contribution is 5.48. The Labute approximate surface area is 84.9 Å². The van der Waals surface area contributed by atoms with Crippen molar-refractivity contribution in [2.24, 2.45) is 5.92 Å². The summed E-state index contributed by atoms with van der Waals surface area (Å²) in [5.41, 5.74) is 6.03. The summed E-state index contributed by atoms with van der Waals surface area (Å²) in [4.78, 5) is 9.81. The minimum Gasteiger partial charge on any atom is -0.429 e. The van der Waals surface area contributed by atoms with E-state index in [4.69, 9.17) is 5.73 Å². The molecule has 0 atom stereocenters. The second-order valence-corrected chi connectivity index (χ2v) is 3.52. The maximum absolute atomic E-state index is 9.81. The average molecular weight is 195 g/mol. The Kier molecular flexibility index (Phi) is 6.20. The molecule has 78 valence electrons. The van der Waals surface area contributed by atoms with Crippen molar-refractivity contribution in [1.29, 1.82) is 0 Å². The van der Waals surface area contributed by atoms with Crippen LogP contribution in [0.25, 0.3) is 0 Å². The Morgan fingerprint density at radius 3 is 2.00 bits per heavy atom. The Bertz CT molecular complexity index is 252. The molecule has 0 saturated carbocycles. The summed E-state index contributed by atoms with van der Waals surface area (Å²) in [6.45, 7) is 6.88. The maximum atomic E-state index is 9.81. The van der Waals surface area contributed by atoms with Gasteiger partial charge in [0, 0.05) is 5.69 Å². The van der Waals surface area contributed by atoms with Gasteiger partial charge in [-0.3, -0.25) is 4.79 Å². The zero-order chi connectivity index (χ0) is 11.0. The molecule has 1 aromatic rings. The lowest BCUT2D eigenvalue weighted by Crippen LogP contribution is -1.88. The molecule has 0 aliphatic rings. The number of carbonyl (C=O) groups excluding carboxylic acids is 1. The minimum absolute atomic E-state index is 0.380. The van der Waals surface area contributed by atoms with Crippen molar-refractivity contribution in [2.75, 3.05) is 5.73 Å².